The van der Waals surface area contributed by atoms with Crippen LogP contribution in [0.5, 0.6) is 0 Å². The van der Waals surface area contributed by atoms with Gasteiger partial charge in [-0.15, -0.1) is 0 Å². The molecule has 2 rings (SSSR count). The second-order valence-corrected chi connectivity index (χ2v) is 7.65. The number of hydrogen-bond acceptors (Lipinski definition) is 4. The Labute approximate surface area is 137 Å². The largest absolute Gasteiger partial charge is 0.381 e. The van der Waals surface area contributed by atoms with Crippen molar-refractivity contribution in [1.29, 1.82) is 0 Å². The number of carbonyl (C=O) groups is 1. The van der Waals surface area contributed by atoms with E-state index in [1.54, 1.807) is 24.3 Å². The summed E-state index contributed by atoms with van der Waals surface area (Å²) >= 11 is 0. The van der Waals surface area contributed by atoms with Crippen LogP contribution >= 0.6 is 0 Å². The van der Waals surface area contributed by atoms with Crippen molar-refractivity contribution in [3.05, 3.63) is 24.3 Å². The van der Waals surface area contributed by atoms with Crippen molar-refractivity contribution in [2.75, 3.05) is 28.6 Å². The van der Waals surface area contributed by atoms with E-state index in [2.05, 4.69) is 5.32 Å². The van der Waals surface area contributed by atoms with E-state index in [1.807, 2.05) is 6.92 Å². The first-order valence-electron chi connectivity index (χ1n) is 7.91. The average Bonchev–Trinajstić information content (AvgIpc) is 2.49. The molecule has 0 atom stereocenters. The molecule has 0 saturated carbocycles. The van der Waals surface area contributed by atoms with Crippen LogP contribution in [0.1, 0.15) is 33.1 Å². The molecule has 1 amide bonds. The highest BCUT2D eigenvalue weighted by Gasteiger charge is 2.30. The SMILES string of the molecule is CCCS(=O)(=O)N(c1ccc(NC(C)=O)cc1)C1CCOCC1. The monoisotopic (exact) mass is 340 g/mol. The van der Waals surface area contributed by atoms with E-state index < -0.39 is 10.0 Å². The second-order valence-electron chi connectivity index (χ2n) is 5.68. The summed E-state index contributed by atoms with van der Waals surface area (Å²) in [4.78, 5) is 11.1. The molecule has 1 saturated heterocycles. The van der Waals surface area contributed by atoms with Crippen molar-refractivity contribution < 1.29 is 17.9 Å². The summed E-state index contributed by atoms with van der Waals surface area (Å²) < 4.78 is 32.3. The molecule has 23 heavy (non-hydrogen) atoms. The maximum absolute atomic E-state index is 12.7. The number of nitrogens with one attached hydrogen (secondary N) is 1. The standard InChI is InChI=1S/C16H24N2O4S/c1-3-12-23(20,21)18(16-8-10-22-11-9-16)15-6-4-14(5-7-15)17-13(2)19/h4-7,16H,3,8-12H2,1-2H3,(H,17,19). The van der Waals surface area contributed by atoms with Gasteiger partial charge in [-0.05, 0) is 43.5 Å². The summed E-state index contributed by atoms with van der Waals surface area (Å²) in [6, 6.07) is 6.86. The van der Waals surface area contributed by atoms with Crippen molar-refractivity contribution in [3.63, 3.8) is 0 Å². The van der Waals surface area contributed by atoms with Crippen LogP contribution in [0.2, 0.25) is 0 Å². The lowest BCUT2D eigenvalue weighted by molar-refractivity contribution is -0.114. The smallest absolute Gasteiger partial charge is 0.235 e. The summed E-state index contributed by atoms with van der Waals surface area (Å²) in [6.45, 7) is 4.45. The Morgan fingerprint density at radius 1 is 1.26 bits per heavy atom. The Morgan fingerprint density at radius 2 is 1.87 bits per heavy atom. The third-order valence-corrected chi connectivity index (χ3v) is 5.76. The lowest BCUT2D eigenvalue weighted by Gasteiger charge is -2.35. The Hall–Kier alpha value is -1.60. The molecular formula is C16H24N2O4S. The molecule has 1 N–H and O–H groups in total. The number of benzene rings is 1. The molecule has 1 aliphatic rings. The van der Waals surface area contributed by atoms with Crippen molar-refractivity contribution in [1.82, 2.24) is 0 Å². The predicted octanol–water partition coefficient (Wildman–Crippen LogP) is 2.37. The molecule has 1 aromatic rings. The molecule has 128 valence electrons. The molecule has 1 fully saturated rings. The fourth-order valence-corrected chi connectivity index (χ4v) is 4.59. The van der Waals surface area contributed by atoms with Gasteiger partial charge in [-0.2, -0.15) is 0 Å². The van der Waals surface area contributed by atoms with Crippen molar-refractivity contribution in [3.8, 4) is 0 Å². The summed E-state index contributed by atoms with van der Waals surface area (Å²) in [6.07, 6.45) is 1.96. The van der Waals surface area contributed by atoms with Crippen LogP contribution in [0.4, 0.5) is 11.4 Å². The van der Waals surface area contributed by atoms with Gasteiger partial charge < -0.3 is 10.1 Å². The number of sulfonamides is 1. The molecule has 1 heterocycles. The number of hydrogen-bond donors (Lipinski definition) is 1. The molecule has 0 spiro atoms. The van der Waals surface area contributed by atoms with E-state index in [9.17, 15) is 13.2 Å². The highest BCUT2D eigenvalue weighted by atomic mass is 32.2. The van der Waals surface area contributed by atoms with Crippen LogP contribution in [0.25, 0.3) is 0 Å². The van der Waals surface area contributed by atoms with Crippen LogP contribution in [0.15, 0.2) is 24.3 Å². The minimum Gasteiger partial charge on any atom is -0.381 e. The van der Waals surface area contributed by atoms with Gasteiger partial charge in [0.2, 0.25) is 15.9 Å². The van der Waals surface area contributed by atoms with Crippen LogP contribution < -0.4 is 9.62 Å². The van der Waals surface area contributed by atoms with Gasteiger partial charge in [0.05, 0.1) is 11.4 Å². The predicted molar refractivity (Wildman–Crippen MR) is 91.1 cm³/mol. The first kappa shape index (κ1) is 17.7. The Bertz CT molecular complexity index is 622. The van der Waals surface area contributed by atoms with Gasteiger partial charge >= 0.3 is 0 Å². The van der Waals surface area contributed by atoms with Gasteiger partial charge in [0.25, 0.3) is 0 Å². The van der Waals surface area contributed by atoms with Gasteiger partial charge in [0, 0.05) is 31.9 Å². The number of ether oxygens (including phenoxy) is 1. The van der Waals surface area contributed by atoms with Crippen LogP contribution in [-0.4, -0.2) is 39.3 Å². The fourth-order valence-electron chi connectivity index (χ4n) is 2.77. The van der Waals surface area contributed by atoms with E-state index in [4.69, 9.17) is 4.74 Å². The molecule has 0 radical (unpaired) electrons. The number of amides is 1. The number of nitrogens with zero attached hydrogens (tertiary/aromatic N) is 1. The van der Waals surface area contributed by atoms with Crippen LogP contribution in [-0.2, 0) is 19.6 Å². The molecule has 6 nitrogen and oxygen atoms in total. The highest BCUT2D eigenvalue weighted by molar-refractivity contribution is 7.92. The Morgan fingerprint density at radius 3 is 2.39 bits per heavy atom. The number of anilines is 2. The minimum atomic E-state index is -3.37. The van der Waals surface area contributed by atoms with Crippen molar-refractivity contribution in [2.45, 2.75) is 39.2 Å². The Balaban J connectivity index is 2.30. The average molecular weight is 340 g/mol. The second kappa shape index (κ2) is 7.79. The summed E-state index contributed by atoms with van der Waals surface area (Å²) in [5.41, 5.74) is 1.29. The van der Waals surface area contributed by atoms with E-state index in [0.29, 0.717) is 43.9 Å². The van der Waals surface area contributed by atoms with Gasteiger partial charge in [-0.25, -0.2) is 8.42 Å². The molecule has 1 aliphatic heterocycles. The van der Waals surface area contributed by atoms with Crippen LogP contribution in [0, 0.1) is 0 Å². The van der Waals surface area contributed by atoms with Gasteiger partial charge in [-0.3, -0.25) is 9.10 Å². The lowest BCUT2D eigenvalue weighted by Crippen LogP contribution is -2.44. The van der Waals surface area contributed by atoms with E-state index >= 15 is 0 Å². The van der Waals surface area contributed by atoms with E-state index in [0.717, 1.165) is 0 Å². The first-order valence-corrected chi connectivity index (χ1v) is 9.52. The zero-order valence-electron chi connectivity index (χ0n) is 13.6. The molecule has 0 aromatic heterocycles. The molecule has 1 aromatic carbocycles. The van der Waals surface area contributed by atoms with Gasteiger partial charge in [0.1, 0.15) is 0 Å². The topological polar surface area (TPSA) is 75.7 Å². The fraction of sp³-hybridized carbons (Fsp3) is 0.562. The summed E-state index contributed by atoms with van der Waals surface area (Å²) in [5.74, 6) is -0.0321. The van der Waals surface area contributed by atoms with Crippen LogP contribution in [0.3, 0.4) is 0 Å². The quantitative estimate of drug-likeness (QED) is 0.862. The summed E-state index contributed by atoms with van der Waals surface area (Å²) in [7, 11) is -3.37. The molecule has 0 unspecified atom stereocenters. The zero-order valence-corrected chi connectivity index (χ0v) is 14.4. The maximum atomic E-state index is 12.7. The van der Waals surface area contributed by atoms with E-state index in [1.165, 1.54) is 11.2 Å². The van der Waals surface area contributed by atoms with Crippen molar-refractivity contribution in [2.24, 2.45) is 0 Å². The number of rotatable bonds is 6. The van der Waals surface area contributed by atoms with Crippen molar-refractivity contribution >= 4 is 27.3 Å². The Kier molecular flexibility index (Phi) is 6.01. The first-order chi connectivity index (χ1) is 10.9. The minimum absolute atomic E-state index is 0.0769. The lowest BCUT2D eigenvalue weighted by atomic mass is 10.1. The molecule has 0 bridgehead atoms. The number of carbonyl (C=O) groups excluding carboxylic acids is 1. The molecule has 0 aliphatic carbocycles. The third kappa shape index (κ3) is 4.68. The maximum Gasteiger partial charge on any atom is 0.235 e. The zero-order chi connectivity index (χ0) is 16.9. The highest BCUT2D eigenvalue weighted by Crippen LogP contribution is 2.28. The van der Waals surface area contributed by atoms with E-state index in [-0.39, 0.29) is 17.7 Å². The van der Waals surface area contributed by atoms with Gasteiger partial charge in [-0.1, -0.05) is 6.92 Å². The summed E-state index contributed by atoms with van der Waals surface area (Å²) in [5, 5.41) is 2.69. The molecular weight excluding hydrogens is 316 g/mol. The third-order valence-electron chi connectivity index (χ3n) is 3.73. The normalized spacial score (nSPS) is 16.1. The molecule has 7 heteroatoms. The van der Waals surface area contributed by atoms with Gasteiger partial charge in [0.15, 0.2) is 0 Å².